The maximum absolute atomic E-state index is 12.2. The maximum atomic E-state index is 12.2. The summed E-state index contributed by atoms with van der Waals surface area (Å²) in [6, 6.07) is 0.929. The molecule has 0 spiro atoms. The predicted octanol–water partition coefficient (Wildman–Crippen LogP) is 0.764. The molecule has 0 aromatic carbocycles. The monoisotopic (exact) mass is 226 g/mol. The summed E-state index contributed by atoms with van der Waals surface area (Å²) < 4.78 is 5.17. The van der Waals surface area contributed by atoms with Crippen LogP contribution >= 0.6 is 0 Å². The molecule has 16 heavy (non-hydrogen) atoms. The number of nitrogens with zero attached hydrogens (tertiary/aromatic N) is 1. The number of likely N-dealkylation sites (tertiary alicyclic amines) is 1. The lowest BCUT2D eigenvalue weighted by Gasteiger charge is -2.26. The molecule has 2 unspecified atom stereocenters. The molecule has 2 fully saturated rings. The van der Waals surface area contributed by atoms with Gasteiger partial charge in [0.1, 0.15) is 0 Å². The van der Waals surface area contributed by atoms with Crippen LogP contribution in [0.15, 0.2) is 0 Å². The molecule has 1 N–H and O–H groups in total. The van der Waals surface area contributed by atoms with Crippen molar-refractivity contribution in [2.24, 2.45) is 0 Å². The Morgan fingerprint density at radius 3 is 2.81 bits per heavy atom. The van der Waals surface area contributed by atoms with Crippen LogP contribution < -0.4 is 5.32 Å². The molecule has 0 radical (unpaired) electrons. The minimum absolute atomic E-state index is 0.0680. The van der Waals surface area contributed by atoms with E-state index in [2.05, 4.69) is 12.2 Å². The SMILES string of the molecule is CCC(COC)N1CCC(NC2CC2)C1=O. The van der Waals surface area contributed by atoms with E-state index in [1.54, 1.807) is 7.11 Å². The van der Waals surface area contributed by atoms with Crippen molar-refractivity contribution in [1.29, 1.82) is 0 Å². The Labute approximate surface area is 97.3 Å². The molecule has 1 aliphatic heterocycles. The third-order valence-corrected chi connectivity index (χ3v) is 3.53. The zero-order valence-electron chi connectivity index (χ0n) is 10.2. The predicted molar refractivity (Wildman–Crippen MR) is 62.2 cm³/mol. The molecule has 2 rings (SSSR count). The summed E-state index contributed by atoms with van der Waals surface area (Å²) in [7, 11) is 1.70. The van der Waals surface area contributed by atoms with Crippen molar-refractivity contribution < 1.29 is 9.53 Å². The fourth-order valence-electron chi connectivity index (χ4n) is 2.37. The van der Waals surface area contributed by atoms with Gasteiger partial charge >= 0.3 is 0 Å². The van der Waals surface area contributed by atoms with E-state index in [-0.39, 0.29) is 18.0 Å². The van der Waals surface area contributed by atoms with Crippen molar-refractivity contribution in [1.82, 2.24) is 10.2 Å². The Balaban J connectivity index is 1.88. The topological polar surface area (TPSA) is 41.6 Å². The number of methoxy groups -OCH3 is 1. The Bertz CT molecular complexity index is 253. The third kappa shape index (κ3) is 2.55. The minimum Gasteiger partial charge on any atom is -0.383 e. The van der Waals surface area contributed by atoms with Gasteiger partial charge in [-0.2, -0.15) is 0 Å². The van der Waals surface area contributed by atoms with Crippen LogP contribution in [0.2, 0.25) is 0 Å². The van der Waals surface area contributed by atoms with Crippen LogP contribution in [0, 0.1) is 0 Å². The van der Waals surface area contributed by atoms with Crippen LogP contribution in [0.1, 0.15) is 32.6 Å². The van der Waals surface area contributed by atoms with Crippen molar-refractivity contribution in [3.05, 3.63) is 0 Å². The molecule has 0 aromatic heterocycles. The zero-order chi connectivity index (χ0) is 11.5. The van der Waals surface area contributed by atoms with Crippen molar-refractivity contribution in [3.63, 3.8) is 0 Å². The lowest BCUT2D eigenvalue weighted by molar-refractivity contribution is -0.132. The second kappa shape index (κ2) is 5.15. The van der Waals surface area contributed by atoms with Crippen molar-refractivity contribution >= 4 is 5.91 Å². The van der Waals surface area contributed by atoms with Crippen LogP contribution in [0.3, 0.4) is 0 Å². The molecular formula is C12H22N2O2. The summed E-state index contributed by atoms with van der Waals surface area (Å²) in [5.41, 5.74) is 0. The second-order valence-corrected chi connectivity index (χ2v) is 4.83. The molecule has 1 amide bonds. The summed E-state index contributed by atoms with van der Waals surface area (Å²) in [6.07, 6.45) is 4.39. The summed E-state index contributed by atoms with van der Waals surface area (Å²) >= 11 is 0. The number of ether oxygens (including phenoxy) is 1. The van der Waals surface area contributed by atoms with Gasteiger partial charge in [0.25, 0.3) is 0 Å². The van der Waals surface area contributed by atoms with E-state index < -0.39 is 0 Å². The zero-order valence-corrected chi connectivity index (χ0v) is 10.2. The average Bonchev–Trinajstić information content (AvgIpc) is 3.03. The highest BCUT2D eigenvalue weighted by Gasteiger charge is 2.37. The van der Waals surface area contributed by atoms with Gasteiger partial charge in [-0.05, 0) is 25.7 Å². The van der Waals surface area contributed by atoms with Crippen molar-refractivity contribution in [2.45, 2.75) is 50.7 Å². The van der Waals surface area contributed by atoms with Gasteiger partial charge in [0.05, 0.1) is 18.7 Å². The number of hydrogen-bond acceptors (Lipinski definition) is 3. The highest BCUT2D eigenvalue weighted by Crippen LogP contribution is 2.23. The van der Waals surface area contributed by atoms with E-state index in [1.165, 1.54) is 12.8 Å². The van der Waals surface area contributed by atoms with E-state index >= 15 is 0 Å². The van der Waals surface area contributed by atoms with E-state index in [0.717, 1.165) is 19.4 Å². The van der Waals surface area contributed by atoms with E-state index in [9.17, 15) is 4.79 Å². The summed E-state index contributed by atoms with van der Waals surface area (Å²) in [4.78, 5) is 14.1. The van der Waals surface area contributed by atoms with E-state index in [4.69, 9.17) is 4.74 Å². The standard InChI is InChI=1S/C12H22N2O2/c1-3-10(8-16-2)14-7-6-11(12(14)15)13-9-4-5-9/h9-11,13H,3-8H2,1-2H3. The molecular weight excluding hydrogens is 204 g/mol. The molecule has 4 heteroatoms. The fourth-order valence-corrected chi connectivity index (χ4v) is 2.37. The van der Waals surface area contributed by atoms with Crippen LogP contribution in [0.5, 0.6) is 0 Å². The molecule has 1 saturated heterocycles. The number of carbonyl (C=O) groups is 1. The van der Waals surface area contributed by atoms with Crippen LogP contribution in [0.25, 0.3) is 0 Å². The highest BCUT2D eigenvalue weighted by atomic mass is 16.5. The first kappa shape index (κ1) is 11.9. The molecule has 1 heterocycles. The number of carbonyl (C=O) groups excluding carboxylic acids is 1. The van der Waals surface area contributed by atoms with E-state index in [1.807, 2.05) is 4.90 Å². The van der Waals surface area contributed by atoms with Crippen LogP contribution in [-0.2, 0) is 9.53 Å². The first-order valence-corrected chi connectivity index (χ1v) is 6.31. The van der Waals surface area contributed by atoms with Crippen molar-refractivity contribution in [2.75, 3.05) is 20.3 Å². The summed E-state index contributed by atoms with van der Waals surface area (Å²) in [5, 5.41) is 3.42. The van der Waals surface area contributed by atoms with Gasteiger partial charge in [-0.15, -0.1) is 0 Å². The lowest BCUT2D eigenvalue weighted by Crippen LogP contribution is -2.44. The van der Waals surface area contributed by atoms with Gasteiger partial charge in [-0.25, -0.2) is 0 Å². The van der Waals surface area contributed by atoms with Crippen molar-refractivity contribution in [3.8, 4) is 0 Å². The van der Waals surface area contributed by atoms with Gasteiger partial charge in [0, 0.05) is 19.7 Å². The molecule has 1 saturated carbocycles. The largest absolute Gasteiger partial charge is 0.383 e. The fraction of sp³-hybridized carbons (Fsp3) is 0.917. The van der Waals surface area contributed by atoms with Gasteiger partial charge < -0.3 is 15.0 Å². The minimum atomic E-state index is 0.0680. The Hall–Kier alpha value is -0.610. The molecule has 2 aliphatic rings. The van der Waals surface area contributed by atoms with Crippen LogP contribution in [0.4, 0.5) is 0 Å². The van der Waals surface area contributed by atoms with Gasteiger partial charge in [-0.3, -0.25) is 4.79 Å². The first-order chi connectivity index (χ1) is 7.76. The third-order valence-electron chi connectivity index (χ3n) is 3.53. The quantitative estimate of drug-likeness (QED) is 0.727. The molecule has 4 nitrogen and oxygen atoms in total. The smallest absolute Gasteiger partial charge is 0.240 e. The summed E-state index contributed by atoms with van der Waals surface area (Å²) in [5.74, 6) is 0.274. The lowest BCUT2D eigenvalue weighted by atomic mass is 10.2. The number of rotatable bonds is 6. The molecule has 0 aromatic rings. The Morgan fingerprint density at radius 2 is 2.25 bits per heavy atom. The van der Waals surface area contributed by atoms with E-state index in [0.29, 0.717) is 12.6 Å². The van der Waals surface area contributed by atoms with Gasteiger partial charge in [-0.1, -0.05) is 6.92 Å². The highest BCUT2D eigenvalue weighted by molar-refractivity contribution is 5.84. The normalized spacial score (nSPS) is 27.5. The number of nitrogens with one attached hydrogen (secondary N) is 1. The maximum Gasteiger partial charge on any atom is 0.240 e. The summed E-state index contributed by atoms with van der Waals surface area (Å²) in [6.45, 7) is 3.64. The number of hydrogen-bond donors (Lipinski definition) is 1. The van der Waals surface area contributed by atoms with Gasteiger partial charge in [0.15, 0.2) is 0 Å². The Morgan fingerprint density at radius 1 is 1.50 bits per heavy atom. The molecule has 0 bridgehead atoms. The molecule has 2 atom stereocenters. The van der Waals surface area contributed by atoms with Gasteiger partial charge in [0.2, 0.25) is 5.91 Å². The molecule has 92 valence electrons. The first-order valence-electron chi connectivity index (χ1n) is 6.31. The average molecular weight is 226 g/mol. The second-order valence-electron chi connectivity index (χ2n) is 4.83. The Kier molecular flexibility index (Phi) is 3.82. The molecule has 1 aliphatic carbocycles. The number of amides is 1. The van der Waals surface area contributed by atoms with Crippen LogP contribution in [-0.4, -0.2) is 49.2 Å².